The highest BCUT2D eigenvalue weighted by molar-refractivity contribution is 5.77. The van der Waals surface area contributed by atoms with Crippen molar-refractivity contribution in [2.45, 2.75) is 12.3 Å². The van der Waals surface area contributed by atoms with Gasteiger partial charge in [-0.2, -0.15) is 0 Å². The Balaban J connectivity index is 2.07. The van der Waals surface area contributed by atoms with Crippen LogP contribution in [-0.4, -0.2) is 18.0 Å². The second-order valence-corrected chi connectivity index (χ2v) is 5.19. The number of rotatable bonds is 4. The molecule has 3 rings (SSSR count). The molecule has 1 atom stereocenters. The summed E-state index contributed by atoms with van der Waals surface area (Å²) < 4.78 is 0. The molecule has 0 saturated heterocycles. The Kier molecular flexibility index (Phi) is 3.58. The third-order valence-electron chi connectivity index (χ3n) is 3.95. The fourth-order valence-electron chi connectivity index (χ4n) is 3.02. The first kappa shape index (κ1) is 13.6. The van der Waals surface area contributed by atoms with Crippen molar-refractivity contribution in [2.24, 2.45) is 5.73 Å². The van der Waals surface area contributed by atoms with Gasteiger partial charge >= 0.3 is 0 Å². The van der Waals surface area contributed by atoms with Gasteiger partial charge in [0.05, 0.1) is 4.92 Å². The fraction of sp³-hybridized carbons (Fsp3) is 0.250. The van der Waals surface area contributed by atoms with Gasteiger partial charge in [0.15, 0.2) is 0 Å². The molecular weight excluding hydrogens is 266 g/mol. The number of fused-ring (bicyclic) bond motifs is 1. The van der Waals surface area contributed by atoms with Gasteiger partial charge < -0.3 is 10.6 Å². The molecule has 0 saturated carbocycles. The van der Waals surface area contributed by atoms with Crippen molar-refractivity contribution in [3.63, 3.8) is 0 Å². The van der Waals surface area contributed by atoms with Crippen LogP contribution in [0, 0.1) is 10.1 Å². The van der Waals surface area contributed by atoms with Gasteiger partial charge in [-0.05, 0) is 30.7 Å². The van der Waals surface area contributed by atoms with Gasteiger partial charge in [0.2, 0.25) is 0 Å². The summed E-state index contributed by atoms with van der Waals surface area (Å²) in [6, 6.07) is 15.0. The Hall–Kier alpha value is -2.40. The van der Waals surface area contributed by atoms with Gasteiger partial charge in [0.25, 0.3) is 5.69 Å². The topological polar surface area (TPSA) is 72.4 Å². The standard InChI is InChI=1S/C16H17N3O2/c17-10-9-12-11-18(14-6-2-1-5-13(12)14)15-7-3-4-8-16(15)19(20)21/h1-8,12H,9-11,17H2. The summed E-state index contributed by atoms with van der Waals surface area (Å²) in [7, 11) is 0. The van der Waals surface area contributed by atoms with Crippen LogP contribution in [0.3, 0.4) is 0 Å². The number of nitro groups is 1. The quantitative estimate of drug-likeness (QED) is 0.691. The number of nitrogens with zero attached hydrogens (tertiary/aromatic N) is 2. The van der Waals surface area contributed by atoms with Crippen LogP contribution in [-0.2, 0) is 0 Å². The van der Waals surface area contributed by atoms with E-state index in [9.17, 15) is 10.1 Å². The van der Waals surface area contributed by atoms with Gasteiger partial charge in [0.1, 0.15) is 5.69 Å². The summed E-state index contributed by atoms with van der Waals surface area (Å²) in [6.07, 6.45) is 0.883. The van der Waals surface area contributed by atoms with Crippen LogP contribution in [0.25, 0.3) is 0 Å². The first-order valence-corrected chi connectivity index (χ1v) is 7.02. The third-order valence-corrected chi connectivity index (χ3v) is 3.95. The van der Waals surface area contributed by atoms with Crippen molar-refractivity contribution in [3.05, 3.63) is 64.2 Å². The Morgan fingerprint density at radius 2 is 1.81 bits per heavy atom. The third kappa shape index (κ3) is 2.36. The monoisotopic (exact) mass is 283 g/mol. The van der Waals surface area contributed by atoms with E-state index >= 15 is 0 Å². The lowest BCUT2D eigenvalue weighted by Crippen LogP contribution is -2.18. The van der Waals surface area contributed by atoms with Crippen LogP contribution in [0.4, 0.5) is 17.1 Å². The molecule has 0 fully saturated rings. The molecule has 5 heteroatoms. The Bertz CT molecular complexity index is 672. The summed E-state index contributed by atoms with van der Waals surface area (Å²) in [5.74, 6) is 0.325. The van der Waals surface area contributed by atoms with E-state index in [-0.39, 0.29) is 10.6 Å². The molecule has 0 radical (unpaired) electrons. The van der Waals surface area contributed by atoms with E-state index in [1.165, 1.54) is 5.56 Å². The molecule has 5 nitrogen and oxygen atoms in total. The first-order valence-electron chi connectivity index (χ1n) is 7.02. The number of hydrogen-bond acceptors (Lipinski definition) is 4. The number of benzene rings is 2. The normalized spacial score (nSPS) is 16.8. The zero-order chi connectivity index (χ0) is 14.8. The first-order chi connectivity index (χ1) is 10.2. The van der Waals surface area contributed by atoms with E-state index in [4.69, 9.17) is 5.73 Å². The van der Waals surface area contributed by atoms with Crippen LogP contribution < -0.4 is 10.6 Å². The maximum absolute atomic E-state index is 11.3. The van der Waals surface area contributed by atoms with Crippen LogP contribution in [0.5, 0.6) is 0 Å². The molecule has 0 spiro atoms. The van der Waals surface area contributed by atoms with Crippen molar-refractivity contribution < 1.29 is 4.92 Å². The van der Waals surface area contributed by atoms with Gasteiger partial charge in [-0.15, -0.1) is 0 Å². The second kappa shape index (κ2) is 5.54. The van der Waals surface area contributed by atoms with Crippen molar-refractivity contribution >= 4 is 17.1 Å². The lowest BCUT2D eigenvalue weighted by Gasteiger charge is -2.19. The van der Waals surface area contributed by atoms with Crippen LogP contribution >= 0.6 is 0 Å². The predicted molar refractivity (Wildman–Crippen MR) is 83.0 cm³/mol. The maximum Gasteiger partial charge on any atom is 0.292 e. The van der Waals surface area contributed by atoms with Crippen LogP contribution in [0.1, 0.15) is 17.9 Å². The smallest absolute Gasteiger partial charge is 0.292 e. The minimum atomic E-state index is -0.325. The summed E-state index contributed by atoms with van der Waals surface area (Å²) in [5.41, 5.74) is 8.76. The van der Waals surface area contributed by atoms with Crippen molar-refractivity contribution in [2.75, 3.05) is 18.0 Å². The second-order valence-electron chi connectivity index (χ2n) is 5.19. The molecule has 0 aliphatic carbocycles. The zero-order valence-electron chi connectivity index (χ0n) is 11.6. The highest BCUT2D eigenvalue weighted by atomic mass is 16.6. The zero-order valence-corrected chi connectivity index (χ0v) is 11.6. The summed E-state index contributed by atoms with van der Waals surface area (Å²) in [5, 5.41) is 11.3. The molecule has 21 heavy (non-hydrogen) atoms. The van der Waals surface area contributed by atoms with E-state index in [0.717, 1.165) is 18.7 Å². The highest BCUT2D eigenvalue weighted by Gasteiger charge is 2.31. The van der Waals surface area contributed by atoms with Crippen molar-refractivity contribution in [3.8, 4) is 0 Å². The minimum absolute atomic E-state index is 0.140. The number of nitro benzene ring substituents is 1. The fourth-order valence-corrected chi connectivity index (χ4v) is 3.02. The highest BCUT2D eigenvalue weighted by Crippen LogP contribution is 2.44. The lowest BCUT2D eigenvalue weighted by molar-refractivity contribution is -0.384. The number of nitrogens with two attached hydrogens (primary N) is 1. The van der Waals surface area contributed by atoms with E-state index in [1.807, 2.05) is 29.2 Å². The molecule has 1 unspecified atom stereocenters. The average molecular weight is 283 g/mol. The summed E-state index contributed by atoms with van der Waals surface area (Å²) >= 11 is 0. The van der Waals surface area contributed by atoms with Crippen LogP contribution in [0.15, 0.2) is 48.5 Å². The molecule has 1 heterocycles. The molecule has 0 amide bonds. The van der Waals surface area contributed by atoms with Crippen LogP contribution in [0.2, 0.25) is 0 Å². The molecule has 1 aliphatic heterocycles. The molecule has 2 N–H and O–H groups in total. The van der Waals surface area contributed by atoms with E-state index < -0.39 is 0 Å². The average Bonchev–Trinajstić information content (AvgIpc) is 2.87. The number of para-hydroxylation sites is 3. The van der Waals surface area contributed by atoms with E-state index in [0.29, 0.717) is 18.2 Å². The Labute approximate surface area is 123 Å². The SMILES string of the molecule is NCCC1CN(c2ccccc2[N+](=O)[O-])c2ccccc21. The molecule has 0 bridgehead atoms. The van der Waals surface area contributed by atoms with Gasteiger partial charge in [0, 0.05) is 24.2 Å². The number of hydrogen-bond donors (Lipinski definition) is 1. The van der Waals surface area contributed by atoms with Gasteiger partial charge in [-0.1, -0.05) is 30.3 Å². The van der Waals surface area contributed by atoms with Crippen molar-refractivity contribution in [1.82, 2.24) is 0 Å². The molecule has 2 aromatic carbocycles. The van der Waals surface area contributed by atoms with Crippen molar-refractivity contribution in [1.29, 1.82) is 0 Å². The minimum Gasteiger partial charge on any atom is -0.335 e. The summed E-state index contributed by atoms with van der Waals surface area (Å²) in [6.45, 7) is 1.35. The molecule has 1 aliphatic rings. The largest absolute Gasteiger partial charge is 0.335 e. The van der Waals surface area contributed by atoms with E-state index in [2.05, 4.69) is 6.07 Å². The molecule has 2 aromatic rings. The number of anilines is 2. The Morgan fingerprint density at radius 3 is 2.52 bits per heavy atom. The predicted octanol–water partition coefficient (Wildman–Crippen LogP) is 3.18. The van der Waals surface area contributed by atoms with Gasteiger partial charge in [-0.25, -0.2) is 0 Å². The Morgan fingerprint density at radius 1 is 1.14 bits per heavy atom. The summed E-state index contributed by atoms with van der Waals surface area (Å²) in [4.78, 5) is 13.0. The molecular formula is C16H17N3O2. The maximum atomic E-state index is 11.3. The lowest BCUT2D eigenvalue weighted by atomic mass is 9.98. The molecule has 108 valence electrons. The molecule has 0 aromatic heterocycles. The van der Waals surface area contributed by atoms with E-state index in [1.54, 1.807) is 18.2 Å². The van der Waals surface area contributed by atoms with Gasteiger partial charge in [-0.3, -0.25) is 10.1 Å².